The molecule has 0 aromatic heterocycles. The summed E-state index contributed by atoms with van der Waals surface area (Å²) in [5.41, 5.74) is 4.33. The number of halogens is 1. The average Bonchev–Trinajstić information content (AvgIpc) is 3.13. The second-order valence-corrected chi connectivity index (χ2v) is 10.4. The number of nitrogens with zero attached hydrogens (tertiary/aromatic N) is 1. The number of thiocarbonyl (C=S) groups is 1. The van der Waals surface area contributed by atoms with Crippen molar-refractivity contribution in [2.45, 2.75) is 20.8 Å². The van der Waals surface area contributed by atoms with Crippen molar-refractivity contribution in [1.82, 2.24) is 0 Å². The number of nitrogens with one attached hydrogen (secondary N) is 1. The van der Waals surface area contributed by atoms with Gasteiger partial charge in [0.05, 0.1) is 17.2 Å². The van der Waals surface area contributed by atoms with Crippen LogP contribution in [0.5, 0.6) is 11.5 Å². The maximum Gasteiger partial charge on any atom is 0.270 e. The van der Waals surface area contributed by atoms with Gasteiger partial charge in [0.2, 0.25) is 0 Å². The highest BCUT2D eigenvalue weighted by Gasteiger charge is 2.33. The van der Waals surface area contributed by atoms with Crippen LogP contribution in [0.1, 0.15) is 23.6 Å². The molecule has 0 unspecified atom stereocenters. The monoisotopic (exact) mass is 552 g/mol. The van der Waals surface area contributed by atoms with Crippen LogP contribution in [0.4, 0.5) is 11.4 Å². The van der Waals surface area contributed by atoms with Crippen LogP contribution in [0.25, 0.3) is 6.08 Å². The molecule has 0 saturated carbocycles. The Balaban J connectivity index is 1.48. The Morgan fingerprint density at radius 3 is 2.59 bits per heavy atom. The standard InChI is InChI=1S/C28H25ClN2O4S2/c1-4-34-24-13-19(9-11-23(24)35-16-26(32)30-21-7-5-6-20(29)15-21)14-25-27(33)31(28(36)37-25)22-10-8-17(2)18(3)12-22/h5-15H,4,16H2,1-3H3,(H,30,32)/b25-14-. The first-order valence-corrected chi connectivity index (χ1v) is 13.2. The first-order valence-electron chi connectivity index (χ1n) is 11.6. The molecule has 0 radical (unpaired) electrons. The smallest absolute Gasteiger partial charge is 0.270 e. The topological polar surface area (TPSA) is 67.9 Å². The van der Waals surface area contributed by atoms with E-state index in [0.29, 0.717) is 38.0 Å². The molecular formula is C28H25ClN2O4S2. The zero-order valence-electron chi connectivity index (χ0n) is 20.5. The number of ether oxygens (including phenoxy) is 2. The first-order chi connectivity index (χ1) is 17.7. The number of carbonyl (C=O) groups is 2. The van der Waals surface area contributed by atoms with E-state index in [-0.39, 0.29) is 18.4 Å². The maximum atomic E-state index is 13.2. The number of amides is 2. The van der Waals surface area contributed by atoms with Crippen LogP contribution in [-0.4, -0.2) is 29.3 Å². The summed E-state index contributed by atoms with van der Waals surface area (Å²) in [6.45, 7) is 6.09. The van der Waals surface area contributed by atoms with Crippen LogP contribution in [0.15, 0.2) is 65.6 Å². The lowest BCUT2D eigenvalue weighted by molar-refractivity contribution is -0.118. The highest BCUT2D eigenvalue weighted by molar-refractivity contribution is 8.27. The Kier molecular flexibility index (Phi) is 8.53. The largest absolute Gasteiger partial charge is 0.490 e. The summed E-state index contributed by atoms with van der Waals surface area (Å²) in [7, 11) is 0. The molecular weight excluding hydrogens is 528 g/mol. The van der Waals surface area contributed by atoms with E-state index in [1.165, 1.54) is 11.8 Å². The number of anilines is 2. The molecule has 1 aliphatic rings. The summed E-state index contributed by atoms with van der Waals surface area (Å²) in [6.07, 6.45) is 1.78. The van der Waals surface area contributed by atoms with E-state index in [9.17, 15) is 9.59 Å². The molecule has 4 rings (SSSR count). The number of rotatable bonds is 8. The molecule has 190 valence electrons. The fraction of sp³-hybridized carbons (Fsp3) is 0.179. The van der Waals surface area contributed by atoms with Gasteiger partial charge in [-0.3, -0.25) is 14.5 Å². The van der Waals surface area contributed by atoms with Gasteiger partial charge in [0, 0.05) is 10.7 Å². The summed E-state index contributed by atoms with van der Waals surface area (Å²) >= 11 is 12.7. The van der Waals surface area contributed by atoms with E-state index in [4.69, 9.17) is 33.3 Å². The van der Waals surface area contributed by atoms with Crippen LogP contribution in [0.2, 0.25) is 5.02 Å². The van der Waals surface area contributed by atoms with Gasteiger partial charge in [0.25, 0.3) is 11.8 Å². The van der Waals surface area contributed by atoms with Gasteiger partial charge in [-0.2, -0.15) is 0 Å². The maximum absolute atomic E-state index is 13.2. The minimum Gasteiger partial charge on any atom is -0.490 e. The fourth-order valence-electron chi connectivity index (χ4n) is 3.61. The van der Waals surface area contributed by atoms with E-state index in [1.54, 1.807) is 53.4 Å². The van der Waals surface area contributed by atoms with Gasteiger partial charge >= 0.3 is 0 Å². The van der Waals surface area contributed by atoms with Gasteiger partial charge in [0.1, 0.15) is 0 Å². The Bertz CT molecular complexity index is 1410. The van der Waals surface area contributed by atoms with Crippen molar-refractivity contribution in [2.24, 2.45) is 0 Å². The van der Waals surface area contributed by atoms with E-state index >= 15 is 0 Å². The fourth-order valence-corrected chi connectivity index (χ4v) is 5.10. The van der Waals surface area contributed by atoms with Crippen molar-refractivity contribution in [3.63, 3.8) is 0 Å². The van der Waals surface area contributed by atoms with Crippen molar-refractivity contribution < 1.29 is 19.1 Å². The molecule has 2 amide bonds. The van der Waals surface area contributed by atoms with Crippen LogP contribution < -0.4 is 19.7 Å². The first kappa shape index (κ1) is 26.7. The third kappa shape index (κ3) is 6.52. The summed E-state index contributed by atoms with van der Waals surface area (Å²) < 4.78 is 11.9. The van der Waals surface area contributed by atoms with Crippen molar-refractivity contribution in [1.29, 1.82) is 0 Å². The zero-order valence-corrected chi connectivity index (χ0v) is 22.9. The molecule has 1 heterocycles. The molecule has 0 bridgehead atoms. The Morgan fingerprint density at radius 1 is 1.05 bits per heavy atom. The molecule has 37 heavy (non-hydrogen) atoms. The van der Waals surface area contributed by atoms with E-state index < -0.39 is 0 Å². The Labute approximate surface area is 230 Å². The highest BCUT2D eigenvalue weighted by atomic mass is 35.5. The molecule has 0 atom stereocenters. The molecule has 1 fully saturated rings. The minimum absolute atomic E-state index is 0.172. The Morgan fingerprint density at radius 2 is 1.86 bits per heavy atom. The molecule has 3 aromatic rings. The second-order valence-electron chi connectivity index (χ2n) is 8.27. The van der Waals surface area contributed by atoms with Crippen LogP contribution in [0.3, 0.4) is 0 Å². The minimum atomic E-state index is -0.330. The quantitative estimate of drug-likeness (QED) is 0.245. The van der Waals surface area contributed by atoms with E-state index in [0.717, 1.165) is 22.4 Å². The van der Waals surface area contributed by atoms with Gasteiger partial charge in [-0.25, -0.2) is 0 Å². The molecule has 1 saturated heterocycles. The van der Waals surface area contributed by atoms with Gasteiger partial charge in [-0.05, 0) is 86.0 Å². The van der Waals surface area contributed by atoms with Crippen molar-refractivity contribution in [2.75, 3.05) is 23.4 Å². The van der Waals surface area contributed by atoms with E-state index in [1.807, 2.05) is 39.0 Å². The molecule has 1 N–H and O–H groups in total. The predicted molar refractivity (Wildman–Crippen MR) is 155 cm³/mol. The van der Waals surface area contributed by atoms with Crippen LogP contribution in [0, 0.1) is 13.8 Å². The lowest BCUT2D eigenvalue weighted by Gasteiger charge is -2.16. The van der Waals surface area contributed by atoms with Crippen LogP contribution in [-0.2, 0) is 9.59 Å². The summed E-state index contributed by atoms with van der Waals surface area (Å²) in [5, 5.41) is 3.27. The molecule has 0 spiro atoms. The SMILES string of the molecule is CCOc1cc(/C=C2\SC(=S)N(c3ccc(C)c(C)c3)C2=O)ccc1OCC(=O)Nc1cccc(Cl)c1. The number of aryl methyl sites for hydroxylation is 2. The number of hydrogen-bond donors (Lipinski definition) is 1. The number of carbonyl (C=O) groups excluding carboxylic acids is 2. The lowest BCUT2D eigenvalue weighted by atomic mass is 10.1. The van der Waals surface area contributed by atoms with Gasteiger partial charge in [-0.15, -0.1) is 0 Å². The van der Waals surface area contributed by atoms with Crippen molar-refractivity contribution >= 4 is 69.2 Å². The van der Waals surface area contributed by atoms with Crippen molar-refractivity contribution in [3.05, 3.63) is 87.3 Å². The van der Waals surface area contributed by atoms with Gasteiger partial charge < -0.3 is 14.8 Å². The molecule has 1 aliphatic heterocycles. The van der Waals surface area contributed by atoms with Gasteiger partial charge in [0.15, 0.2) is 22.4 Å². The van der Waals surface area contributed by atoms with E-state index in [2.05, 4.69) is 5.32 Å². The summed E-state index contributed by atoms with van der Waals surface area (Å²) in [5.74, 6) is 0.386. The summed E-state index contributed by atoms with van der Waals surface area (Å²) in [4.78, 5) is 27.6. The zero-order chi connectivity index (χ0) is 26.5. The third-order valence-corrected chi connectivity index (χ3v) is 7.11. The average molecular weight is 553 g/mol. The van der Waals surface area contributed by atoms with Crippen molar-refractivity contribution in [3.8, 4) is 11.5 Å². The lowest BCUT2D eigenvalue weighted by Crippen LogP contribution is -2.27. The summed E-state index contributed by atoms with van der Waals surface area (Å²) in [6, 6.07) is 18.0. The molecule has 3 aromatic carbocycles. The number of hydrogen-bond acceptors (Lipinski definition) is 6. The Hall–Kier alpha value is -3.33. The molecule has 6 nitrogen and oxygen atoms in total. The van der Waals surface area contributed by atoms with Crippen LogP contribution >= 0.6 is 35.6 Å². The third-order valence-electron chi connectivity index (χ3n) is 5.57. The number of thioether (sulfide) groups is 1. The normalized spacial score (nSPS) is 14.3. The van der Waals surface area contributed by atoms with Gasteiger partial charge in [-0.1, -0.05) is 53.8 Å². The second kappa shape index (κ2) is 11.8. The predicted octanol–water partition coefficient (Wildman–Crippen LogP) is 6.78. The highest BCUT2D eigenvalue weighted by Crippen LogP contribution is 2.37. The molecule has 0 aliphatic carbocycles. The molecule has 9 heteroatoms. The number of benzene rings is 3.